The number of carbonyl (C=O) groups is 1. The van der Waals surface area contributed by atoms with E-state index in [1.165, 1.54) is 23.5 Å². The molecule has 23 heavy (non-hydrogen) atoms. The number of nitro groups is 1. The quantitative estimate of drug-likeness (QED) is 0.662. The zero-order valence-electron chi connectivity index (χ0n) is 12.5. The maximum absolute atomic E-state index is 12.3. The lowest BCUT2D eigenvalue weighted by molar-refractivity contribution is -0.384. The number of aromatic nitrogens is 1. The largest absolute Gasteiger partial charge is 0.327 e. The summed E-state index contributed by atoms with van der Waals surface area (Å²) in [5.41, 5.74) is 7.74. The molecule has 0 spiro atoms. The first-order valence-electron chi connectivity index (χ1n) is 7.24. The van der Waals surface area contributed by atoms with Crippen molar-refractivity contribution in [2.45, 2.75) is 32.2 Å². The fourth-order valence-corrected chi connectivity index (χ4v) is 3.72. The molecule has 0 unspecified atom stereocenters. The van der Waals surface area contributed by atoms with E-state index in [1.54, 1.807) is 13.0 Å². The average molecular weight is 332 g/mol. The monoisotopic (exact) mass is 332 g/mol. The van der Waals surface area contributed by atoms with Crippen LogP contribution in [0.3, 0.4) is 0 Å². The smallest absolute Gasteiger partial charge is 0.270 e. The molecule has 3 N–H and O–H groups in total. The minimum atomic E-state index is -0.507. The van der Waals surface area contributed by atoms with Gasteiger partial charge in [-0.3, -0.25) is 20.2 Å². The van der Waals surface area contributed by atoms with Crippen LogP contribution in [-0.2, 0) is 12.8 Å². The molecule has 1 atom stereocenters. The van der Waals surface area contributed by atoms with Gasteiger partial charge in [0.2, 0.25) is 0 Å². The van der Waals surface area contributed by atoms with Crippen LogP contribution in [0.1, 0.15) is 32.9 Å². The Balaban J connectivity index is 1.81. The van der Waals surface area contributed by atoms with Crippen molar-refractivity contribution < 1.29 is 9.72 Å². The Hall–Kier alpha value is -2.32. The highest BCUT2D eigenvalue weighted by Gasteiger charge is 2.21. The highest BCUT2D eigenvalue weighted by atomic mass is 32.1. The number of nitrogens with one attached hydrogen (secondary N) is 1. The third kappa shape index (κ3) is 3.38. The molecule has 1 aromatic carbocycles. The predicted octanol–water partition coefficient (Wildman–Crippen LogP) is 2.43. The van der Waals surface area contributed by atoms with Crippen molar-refractivity contribution in [1.29, 1.82) is 0 Å². The number of hydrogen-bond donors (Lipinski definition) is 2. The number of fused-ring (bicyclic) bond motifs is 1. The van der Waals surface area contributed by atoms with Gasteiger partial charge in [0.1, 0.15) is 0 Å². The molecule has 2 aromatic rings. The summed E-state index contributed by atoms with van der Waals surface area (Å²) in [4.78, 5) is 28.3. The van der Waals surface area contributed by atoms with Crippen LogP contribution in [0.15, 0.2) is 18.2 Å². The van der Waals surface area contributed by atoms with Gasteiger partial charge in [0.15, 0.2) is 5.13 Å². The molecule has 0 bridgehead atoms. The summed E-state index contributed by atoms with van der Waals surface area (Å²) in [6, 6.07) is 4.46. The first-order chi connectivity index (χ1) is 10.9. The van der Waals surface area contributed by atoms with Crippen LogP contribution in [0, 0.1) is 17.0 Å². The van der Waals surface area contributed by atoms with E-state index in [9.17, 15) is 14.9 Å². The molecule has 1 heterocycles. The summed E-state index contributed by atoms with van der Waals surface area (Å²) in [6.45, 7) is 1.72. The van der Waals surface area contributed by atoms with E-state index >= 15 is 0 Å². The van der Waals surface area contributed by atoms with E-state index in [1.807, 2.05) is 0 Å². The fourth-order valence-electron chi connectivity index (χ4n) is 2.62. The van der Waals surface area contributed by atoms with E-state index < -0.39 is 10.8 Å². The lowest BCUT2D eigenvalue weighted by Crippen LogP contribution is -2.27. The third-order valence-corrected chi connectivity index (χ3v) is 4.77. The van der Waals surface area contributed by atoms with Crippen LogP contribution in [0.2, 0.25) is 0 Å². The Kier molecular flexibility index (Phi) is 4.10. The van der Waals surface area contributed by atoms with Gasteiger partial charge in [-0.2, -0.15) is 0 Å². The summed E-state index contributed by atoms with van der Waals surface area (Å²) in [7, 11) is 0. The number of benzene rings is 1. The molecule has 1 aliphatic rings. The van der Waals surface area contributed by atoms with E-state index in [-0.39, 0.29) is 17.3 Å². The van der Waals surface area contributed by atoms with Gasteiger partial charge >= 0.3 is 0 Å². The van der Waals surface area contributed by atoms with Crippen molar-refractivity contribution in [3.63, 3.8) is 0 Å². The normalized spacial score (nSPS) is 16.7. The molecule has 0 saturated carbocycles. The summed E-state index contributed by atoms with van der Waals surface area (Å²) in [6.07, 6.45) is 2.49. The van der Waals surface area contributed by atoms with Crippen LogP contribution < -0.4 is 11.1 Å². The highest BCUT2D eigenvalue weighted by Crippen LogP contribution is 2.29. The number of amides is 1. The number of nitrogens with zero attached hydrogens (tertiary/aromatic N) is 2. The maximum atomic E-state index is 12.3. The topological polar surface area (TPSA) is 111 Å². The van der Waals surface area contributed by atoms with Crippen molar-refractivity contribution in [2.75, 3.05) is 5.32 Å². The molecule has 0 aliphatic heterocycles. The van der Waals surface area contributed by atoms with Gasteiger partial charge in [0.25, 0.3) is 11.6 Å². The standard InChI is InChI=1S/C15H16N4O3S/c1-8-4-9(6-11(5-8)19(21)22)14(20)18-15-17-12-3-2-10(16)7-13(12)23-15/h4-6,10H,2-3,7,16H2,1H3,(H,17,18,20)/t10-/m0/s1. The lowest BCUT2D eigenvalue weighted by atomic mass is 9.99. The molecule has 1 amide bonds. The Bertz CT molecular complexity index is 787. The molecule has 0 fully saturated rings. The van der Waals surface area contributed by atoms with Gasteiger partial charge in [-0.05, 0) is 37.8 Å². The zero-order valence-corrected chi connectivity index (χ0v) is 13.4. The summed E-state index contributed by atoms with van der Waals surface area (Å²) in [5, 5.41) is 14.1. The fraction of sp³-hybridized carbons (Fsp3) is 0.333. The van der Waals surface area contributed by atoms with E-state index in [0.29, 0.717) is 10.7 Å². The number of carbonyl (C=O) groups excluding carboxylic acids is 1. The van der Waals surface area contributed by atoms with Crippen molar-refractivity contribution >= 4 is 28.1 Å². The lowest BCUT2D eigenvalue weighted by Gasteiger charge is -2.15. The van der Waals surface area contributed by atoms with Crippen LogP contribution in [0.25, 0.3) is 0 Å². The minimum absolute atomic E-state index is 0.0976. The number of rotatable bonds is 3. The van der Waals surface area contributed by atoms with Crippen molar-refractivity contribution in [3.8, 4) is 0 Å². The van der Waals surface area contributed by atoms with Crippen molar-refractivity contribution in [3.05, 3.63) is 50.0 Å². The molecule has 0 radical (unpaired) electrons. The molecular formula is C15H16N4O3S. The van der Waals surface area contributed by atoms with E-state index in [4.69, 9.17) is 5.73 Å². The second kappa shape index (κ2) is 6.05. The second-order valence-corrected chi connectivity index (χ2v) is 6.74. The van der Waals surface area contributed by atoms with Gasteiger partial charge < -0.3 is 5.73 Å². The van der Waals surface area contributed by atoms with Crippen molar-refractivity contribution in [1.82, 2.24) is 4.98 Å². The maximum Gasteiger partial charge on any atom is 0.270 e. The summed E-state index contributed by atoms with van der Waals surface area (Å²) < 4.78 is 0. The Labute approximate surface area is 136 Å². The average Bonchev–Trinajstić information content (AvgIpc) is 2.87. The second-order valence-electron chi connectivity index (χ2n) is 5.66. The number of anilines is 1. The molecule has 3 rings (SSSR count). The van der Waals surface area contributed by atoms with Crippen LogP contribution in [-0.4, -0.2) is 21.9 Å². The summed E-state index contributed by atoms with van der Waals surface area (Å²) in [5.74, 6) is -0.396. The Morgan fingerprint density at radius 3 is 3.00 bits per heavy atom. The number of nitro benzene ring substituents is 1. The molecular weight excluding hydrogens is 316 g/mol. The molecule has 8 heteroatoms. The number of hydrogen-bond acceptors (Lipinski definition) is 6. The predicted molar refractivity (Wildman–Crippen MR) is 87.9 cm³/mol. The SMILES string of the molecule is Cc1cc(C(=O)Nc2nc3c(s2)C[C@@H](N)CC3)cc([N+](=O)[O-])c1. The summed E-state index contributed by atoms with van der Waals surface area (Å²) >= 11 is 1.42. The molecule has 0 saturated heterocycles. The zero-order chi connectivity index (χ0) is 16.6. The molecule has 120 valence electrons. The van der Waals surface area contributed by atoms with Gasteiger partial charge in [-0.15, -0.1) is 11.3 Å². The third-order valence-electron chi connectivity index (χ3n) is 3.73. The first kappa shape index (κ1) is 15.6. The Morgan fingerprint density at radius 2 is 2.26 bits per heavy atom. The van der Waals surface area contributed by atoms with E-state index in [0.717, 1.165) is 29.8 Å². The molecule has 1 aliphatic carbocycles. The molecule has 1 aromatic heterocycles. The van der Waals surface area contributed by atoms with Crippen LogP contribution in [0.5, 0.6) is 0 Å². The number of aryl methyl sites for hydroxylation is 2. The van der Waals surface area contributed by atoms with E-state index in [2.05, 4.69) is 10.3 Å². The van der Waals surface area contributed by atoms with Gasteiger partial charge in [0, 0.05) is 28.6 Å². The first-order valence-corrected chi connectivity index (χ1v) is 8.05. The van der Waals surface area contributed by atoms with Gasteiger partial charge in [-0.25, -0.2) is 4.98 Å². The molecule has 7 nitrogen and oxygen atoms in total. The Morgan fingerprint density at radius 1 is 1.48 bits per heavy atom. The van der Waals surface area contributed by atoms with Crippen LogP contribution >= 0.6 is 11.3 Å². The van der Waals surface area contributed by atoms with Gasteiger partial charge in [0.05, 0.1) is 10.6 Å². The van der Waals surface area contributed by atoms with Crippen LogP contribution in [0.4, 0.5) is 10.8 Å². The number of nitrogens with two attached hydrogens (primary N) is 1. The minimum Gasteiger partial charge on any atom is -0.327 e. The number of thiazole rings is 1. The van der Waals surface area contributed by atoms with Gasteiger partial charge in [-0.1, -0.05) is 0 Å². The number of non-ortho nitro benzene ring substituents is 1. The van der Waals surface area contributed by atoms with Crippen molar-refractivity contribution in [2.24, 2.45) is 5.73 Å². The highest BCUT2D eigenvalue weighted by molar-refractivity contribution is 7.15.